The molecule has 0 aliphatic rings. The molecule has 29 heavy (non-hydrogen) atoms. The zero-order valence-corrected chi connectivity index (χ0v) is 17.2. The highest BCUT2D eigenvalue weighted by atomic mass is 79.9. The van der Waals surface area contributed by atoms with Gasteiger partial charge in [-0.25, -0.2) is 4.39 Å². The van der Waals surface area contributed by atoms with Gasteiger partial charge < -0.3 is 4.42 Å². The Morgan fingerprint density at radius 2 is 1.52 bits per heavy atom. The molecule has 4 aromatic rings. The number of anilines is 1. The highest BCUT2D eigenvalue weighted by molar-refractivity contribution is 9.10. The second-order valence-corrected chi connectivity index (χ2v) is 8.57. The molecule has 4 rings (SSSR count). The Bertz CT molecular complexity index is 1260. The maximum absolute atomic E-state index is 13.3. The van der Waals surface area contributed by atoms with Gasteiger partial charge in [0.1, 0.15) is 5.82 Å². The van der Waals surface area contributed by atoms with Gasteiger partial charge in [0, 0.05) is 15.6 Å². The van der Waals surface area contributed by atoms with Crippen LogP contribution in [0.2, 0.25) is 0 Å². The highest BCUT2D eigenvalue weighted by Crippen LogP contribution is 2.34. The van der Waals surface area contributed by atoms with Gasteiger partial charge in [-0.3, -0.25) is 4.72 Å². The van der Waals surface area contributed by atoms with Gasteiger partial charge in [0.05, 0.1) is 5.69 Å². The van der Waals surface area contributed by atoms with E-state index < -0.39 is 15.8 Å². The number of nitrogens with one attached hydrogen (secondary N) is 1. The lowest BCUT2D eigenvalue weighted by Gasteiger charge is -2.09. The molecule has 1 heterocycles. The highest BCUT2D eigenvalue weighted by Gasteiger charge is 2.28. The Balaban J connectivity index is 1.83. The number of rotatable bonds is 5. The quantitative estimate of drug-likeness (QED) is 0.403. The van der Waals surface area contributed by atoms with Crippen LogP contribution in [0.4, 0.5) is 10.1 Å². The van der Waals surface area contributed by atoms with Crippen LogP contribution in [-0.2, 0) is 10.0 Å². The zero-order chi connectivity index (χ0) is 20.4. The van der Waals surface area contributed by atoms with E-state index in [0.717, 1.165) is 0 Å². The molecule has 146 valence electrons. The van der Waals surface area contributed by atoms with Gasteiger partial charge in [-0.05, 0) is 46.3 Å². The molecule has 0 atom stereocenters. The summed E-state index contributed by atoms with van der Waals surface area (Å²) in [5.74, 6) is -0.184. The Kier molecular flexibility index (Phi) is 5.21. The van der Waals surface area contributed by atoms with Crippen molar-refractivity contribution < 1.29 is 17.2 Å². The minimum Gasteiger partial charge on any atom is -0.435 e. The molecule has 1 aromatic heterocycles. The molecule has 1 N–H and O–H groups in total. The average Bonchev–Trinajstić information content (AvgIpc) is 3.18. The largest absolute Gasteiger partial charge is 0.435 e. The molecule has 0 fully saturated rings. The molecule has 0 spiro atoms. The molecule has 5 nitrogen and oxygen atoms in total. The predicted octanol–water partition coefficient (Wildman–Crippen LogP) is 5.71. The standard InChI is InChI=1S/C21H14BrFN2O3S/c22-17-13-16(23)11-12-18(17)25-29(26,27)21-19(14-7-3-1-4-8-14)28-20(24-21)15-9-5-2-6-10-15/h1-13,25H. The van der Waals surface area contributed by atoms with Crippen molar-refractivity contribution in [2.45, 2.75) is 5.03 Å². The number of benzene rings is 3. The van der Waals surface area contributed by atoms with E-state index in [1.54, 1.807) is 36.4 Å². The molecule has 0 aliphatic heterocycles. The summed E-state index contributed by atoms with van der Waals surface area (Å²) in [5.41, 5.74) is 1.41. The molecule has 0 radical (unpaired) electrons. The predicted molar refractivity (Wildman–Crippen MR) is 112 cm³/mol. The summed E-state index contributed by atoms with van der Waals surface area (Å²) in [4.78, 5) is 4.27. The fourth-order valence-corrected chi connectivity index (χ4v) is 4.48. The number of halogens is 2. The minimum absolute atomic E-state index is 0.121. The Labute approximate surface area is 175 Å². The number of oxazole rings is 1. The fourth-order valence-electron chi connectivity index (χ4n) is 2.73. The fraction of sp³-hybridized carbons (Fsp3) is 0. The van der Waals surface area contributed by atoms with Gasteiger partial charge >= 0.3 is 0 Å². The molecular formula is C21H14BrFN2O3S. The van der Waals surface area contributed by atoms with Crippen LogP contribution in [0, 0.1) is 5.82 Å². The van der Waals surface area contributed by atoms with Gasteiger partial charge in [-0.2, -0.15) is 13.4 Å². The molecule has 0 aliphatic carbocycles. The van der Waals surface area contributed by atoms with Crippen molar-refractivity contribution in [1.29, 1.82) is 0 Å². The SMILES string of the molecule is O=S(=O)(Nc1ccc(F)cc1Br)c1nc(-c2ccccc2)oc1-c1ccccc1. The van der Waals surface area contributed by atoms with Crippen molar-refractivity contribution in [3.8, 4) is 22.8 Å². The number of nitrogens with zero attached hydrogens (tertiary/aromatic N) is 1. The van der Waals surface area contributed by atoms with Crippen LogP contribution >= 0.6 is 15.9 Å². The van der Waals surface area contributed by atoms with Crippen molar-refractivity contribution in [2.24, 2.45) is 0 Å². The first-order chi connectivity index (χ1) is 13.9. The van der Waals surface area contributed by atoms with Crippen molar-refractivity contribution in [3.63, 3.8) is 0 Å². The van der Waals surface area contributed by atoms with Crippen molar-refractivity contribution in [2.75, 3.05) is 4.72 Å². The van der Waals surface area contributed by atoms with E-state index in [4.69, 9.17) is 4.42 Å². The van der Waals surface area contributed by atoms with Gasteiger partial charge in [0.25, 0.3) is 10.0 Å². The summed E-state index contributed by atoms with van der Waals surface area (Å²) in [7, 11) is -4.12. The first-order valence-electron chi connectivity index (χ1n) is 8.53. The van der Waals surface area contributed by atoms with Crippen LogP contribution in [0.5, 0.6) is 0 Å². The van der Waals surface area contributed by atoms with Crippen molar-refractivity contribution in [1.82, 2.24) is 4.98 Å². The summed E-state index contributed by atoms with van der Waals surface area (Å²) in [6.45, 7) is 0. The summed E-state index contributed by atoms with van der Waals surface area (Å²) in [6.07, 6.45) is 0. The molecular weight excluding hydrogens is 459 g/mol. The first kappa shape index (κ1) is 19.4. The third kappa shape index (κ3) is 4.08. The monoisotopic (exact) mass is 472 g/mol. The molecule has 0 saturated heterocycles. The van der Waals surface area contributed by atoms with E-state index in [0.29, 0.717) is 11.1 Å². The number of sulfonamides is 1. The molecule has 8 heteroatoms. The van der Waals surface area contributed by atoms with Gasteiger partial charge in [-0.15, -0.1) is 0 Å². The van der Waals surface area contributed by atoms with Gasteiger partial charge in [0.2, 0.25) is 10.9 Å². The third-order valence-corrected chi connectivity index (χ3v) is 6.01. The Morgan fingerprint density at radius 1 is 0.897 bits per heavy atom. The maximum atomic E-state index is 13.3. The van der Waals surface area contributed by atoms with E-state index in [9.17, 15) is 12.8 Å². The van der Waals surface area contributed by atoms with Crippen LogP contribution in [0.25, 0.3) is 22.8 Å². The van der Waals surface area contributed by atoms with Gasteiger partial charge in [-0.1, -0.05) is 48.5 Å². The Morgan fingerprint density at radius 3 is 2.14 bits per heavy atom. The normalized spacial score (nSPS) is 11.4. The number of aromatic nitrogens is 1. The molecule has 0 saturated carbocycles. The summed E-state index contributed by atoms with van der Waals surface area (Å²) >= 11 is 3.17. The van der Waals surface area contributed by atoms with Crippen molar-refractivity contribution >= 4 is 31.6 Å². The number of hydrogen-bond donors (Lipinski definition) is 1. The lowest BCUT2D eigenvalue weighted by Crippen LogP contribution is -2.14. The van der Waals surface area contributed by atoms with Gasteiger partial charge in [0.15, 0.2) is 5.76 Å². The van der Waals surface area contributed by atoms with Crippen LogP contribution in [0.15, 0.2) is 92.8 Å². The van der Waals surface area contributed by atoms with Crippen LogP contribution in [0.3, 0.4) is 0 Å². The van der Waals surface area contributed by atoms with Crippen LogP contribution in [0.1, 0.15) is 0 Å². The summed E-state index contributed by atoms with van der Waals surface area (Å²) in [6, 6.07) is 21.5. The first-order valence-corrected chi connectivity index (χ1v) is 10.8. The zero-order valence-electron chi connectivity index (χ0n) is 14.8. The number of hydrogen-bond acceptors (Lipinski definition) is 4. The Hall–Kier alpha value is -2.97. The van der Waals surface area contributed by atoms with E-state index >= 15 is 0 Å². The van der Waals surface area contributed by atoms with E-state index in [2.05, 4.69) is 25.6 Å². The van der Waals surface area contributed by atoms with E-state index in [-0.39, 0.29) is 26.8 Å². The lowest BCUT2D eigenvalue weighted by atomic mass is 10.2. The molecule has 0 unspecified atom stereocenters. The molecule has 0 amide bonds. The second-order valence-electron chi connectivity index (χ2n) is 6.12. The van der Waals surface area contributed by atoms with Crippen LogP contribution in [-0.4, -0.2) is 13.4 Å². The maximum Gasteiger partial charge on any atom is 0.283 e. The van der Waals surface area contributed by atoms with Crippen molar-refractivity contribution in [3.05, 3.63) is 89.2 Å². The topological polar surface area (TPSA) is 72.2 Å². The molecule has 3 aromatic carbocycles. The average molecular weight is 473 g/mol. The minimum atomic E-state index is -4.12. The van der Waals surface area contributed by atoms with E-state index in [1.165, 1.54) is 18.2 Å². The van der Waals surface area contributed by atoms with E-state index in [1.807, 2.05) is 24.3 Å². The smallest absolute Gasteiger partial charge is 0.283 e. The summed E-state index contributed by atoms with van der Waals surface area (Å²) in [5, 5.41) is -0.251. The third-order valence-electron chi connectivity index (χ3n) is 4.08. The summed E-state index contributed by atoms with van der Waals surface area (Å²) < 4.78 is 48.2. The lowest BCUT2D eigenvalue weighted by molar-refractivity contribution is 0.581. The van der Waals surface area contributed by atoms with Crippen LogP contribution < -0.4 is 4.72 Å². The molecule has 0 bridgehead atoms. The second kappa shape index (κ2) is 7.81.